The summed E-state index contributed by atoms with van der Waals surface area (Å²) in [7, 11) is -3.42. The molecular weight excluding hydrogens is 306 g/mol. The Balaban J connectivity index is 2.02. The van der Waals surface area contributed by atoms with Crippen LogP contribution in [0.15, 0.2) is 17.2 Å². The van der Waals surface area contributed by atoms with Crippen LogP contribution >= 0.6 is 11.8 Å². The van der Waals surface area contributed by atoms with Crippen molar-refractivity contribution in [3.8, 4) is 0 Å². The molecule has 5 nitrogen and oxygen atoms in total. The highest BCUT2D eigenvalue weighted by Gasteiger charge is 2.31. The van der Waals surface area contributed by atoms with E-state index in [1.807, 2.05) is 18.7 Å². The number of aromatic nitrogens is 1. The van der Waals surface area contributed by atoms with Crippen LogP contribution in [0.5, 0.6) is 0 Å². The van der Waals surface area contributed by atoms with Gasteiger partial charge in [-0.2, -0.15) is 11.8 Å². The van der Waals surface area contributed by atoms with Crippen LogP contribution in [-0.2, 0) is 16.6 Å². The molecule has 0 bridgehead atoms. The van der Waals surface area contributed by atoms with Crippen LogP contribution in [0.2, 0.25) is 0 Å². The van der Waals surface area contributed by atoms with Gasteiger partial charge < -0.3 is 10.3 Å². The van der Waals surface area contributed by atoms with Gasteiger partial charge in [0.15, 0.2) is 0 Å². The fourth-order valence-electron chi connectivity index (χ4n) is 2.68. The van der Waals surface area contributed by atoms with Gasteiger partial charge in [0.2, 0.25) is 10.0 Å². The maximum absolute atomic E-state index is 12.5. The predicted molar refractivity (Wildman–Crippen MR) is 88.1 cm³/mol. The SMILES string of the molecule is CCNCc1cc(S(=O)(=O)NC2CCCC2SCC)c[nH]1. The molecule has 1 aromatic rings. The van der Waals surface area contributed by atoms with Crippen molar-refractivity contribution >= 4 is 21.8 Å². The van der Waals surface area contributed by atoms with Gasteiger partial charge in [-0.1, -0.05) is 20.3 Å². The molecule has 0 amide bonds. The van der Waals surface area contributed by atoms with Crippen LogP contribution in [-0.4, -0.2) is 37.0 Å². The summed E-state index contributed by atoms with van der Waals surface area (Å²) in [5.74, 6) is 1.03. The van der Waals surface area contributed by atoms with Gasteiger partial charge in [-0.25, -0.2) is 13.1 Å². The molecule has 2 atom stereocenters. The van der Waals surface area contributed by atoms with Gasteiger partial charge in [0.1, 0.15) is 0 Å². The van der Waals surface area contributed by atoms with Gasteiger partial charge in [0.25, 0.3) is 0 Å². The molecule has 0 saturated heterocycles. The molecule has 2 rings (SSSR count). The summed E-state index contributed by atoms with van der Waals surface area (Å²) < 4.78 is 27.8. The molecule has 1 fully saturated rings. The van der Waals surface area contributed by atoms with Crippen molar-refractivity contribution in [1.82, 2.24) is 15.0 Å². The molecule has 7 heteroatoms. The quantitative estimate of drug-likeness (QED) is 0.682. The van der Waals surface area contributed by atoms with E-state index in [4.69, 9.17) is 0 Å². The minimum absolute atomic E-state index is 0.0621. The number of aromatic amines is 1. The van der Waals surface area contributed by atoms with Crippen molar-refractivity contribution in [3.63, 3.8) is 0 Å². The van der Waals surface area contributed by atoms with Crippen LogP contribution < -0.4 is 10.0 Å². The third kappa shape index (κ3) is 4.48. The first-order valence-corrected chi connectivity index (χ1v) is 10.1. The van der Waals surface area contributed by atoms with E-state index in [1.165, 1.54) is 0 Å². The van der Waals surface area contributed by atoms with Crippen molar-refractivity contribution in [2.45, 2.75) is 55.8 Å². The van der Waals surface area contributed by atoms with E-state index in [9.17, 15) is 8.42 Å². The van der Waals surface area contributed by atoms with Gasteiger partial charge >= 0.3 is 0 Å². The molecule has 2 unspecified atom stereocenters. The predicted octanol–water partition coefficient (Wildman–Crippen LogP) is 2.08. The summed E-state index contributed by atoms with van der Waals surface area (Å²) in [5.41, 5.74) is 0.892. The molecule has 3 N–H and O–H groups in total. The van der Waals surface area contributed by atoms with Crippen LogP contribution in [0.1, 0.15) is 38.8 Å². The highest BCUT2D eigenvalue weighted by atomic mass is 32.2. The Morgan fingerprint density at radius 1 is 1.38 bits per heavy atom. The molecule has 21 heavy (non-hydrogen) atoms. The van der Waals surface area contributed by atoms with E-state index in [-0.39, 0.29) is 6.04 Å². The maximum atomic E-state index is 12.5. The molecule has 1 aliphatic carbocycles. The molecule has 0 aromatic carbocycles. The topological polar surface area (TPSA) is 74.0 Å². The van der Waals surface area contributed by atoms with Crippen molar-refractivity contribution < 1.29 is 8.42 Å². The number of thioether (sulfide) groups is 1. The summed E-state index contributed by atoms with van der Waals surface area (Å²) in [6.45, 7) is 5.66. The zero-order valence-electron chi connectivity index (χ0n) is 12.7. The normalized spacial score (nSPS) is 22.8. The number of rotatable bonds is 8. The lowest BCUT2D eigenvalue weighted by Crippen LogP contribution is -2.38. The lowest BCUT2D eigenvalue weighted by molar-refractivity contribution is 0.555. The van der Waals surface area contributed by atoms with Crippen molar-refractivity contribution in [2.24, 2.45) is 0 Å². The summed E-state index contributed by atoms with van der Waals surface area (Å²) in [4.78, 5) is 3.36. The summed E-state index contributed by atoms with van der Waals surface area (Å²) in [6, 6.07) is 1.77. The Hall–Kier alpha value is -0.500. The fraction of sp³-hybridized carbons (Fsp3) is 0.714. The second-order valence-corrected chi connectivity index (χ2v) is 8.52. The second-order valence-electron chi connectivity index (χ2n) is 5.29. The highest BCUT2D eigenvalue weighted by molar-refractivity contribution is 8.00. The Bertz CT molecular complexity index is 542. The first-order valence-electron chi connectivity index (χ1n) is 7.58. The van der Waals surface area contributed by atoms with Gasteiger partial charge in [-0.05, 0) is 31.2 Å². The van der Waals surface area contributed by atoms with E-state index >= 15 is 0 Å². The smallest absolute Gasteiger partial charge is 0.242 e. The Labute approximate surface area is 131 Å². The average molecular weight is 332 g/mol. The first kappa shape index (κ1) is 16.9. The molecule has 1 saturated carbocycles. The number of hydrogen-bond acceptors (Lipinski definition) is 4. The second kappa shape index (κ2) is 7.67. The van der Waals surface area contributed by atoms with Gasteiger partial charge in [0, 0.05) is 29.7 Å². The third-order valence-electron chi connectivity index (χ3n) is 3.73. The Morgan fingerprint density at radius 2 is 2.19 bits per heavy atom. The fourth-order valence-corrected chi connectivity index (χ4v) is 5.29. The van der Waals surface area contributed by atoms with Crippen LogP contribution in [0.3, 0.4) is 0 Å². The van der Waals surface area contributed by atoms with Crippen LogP contribution in [0.4, 0.5) is 0 Å². The zero-order chi connectivity index (χ0) is 15.3. The van der Waals surface area contributed by atoms with E-state index < -0.39 is 10.0 Å². The third-order valence-corrected chi connectivity index (χ3v) is 6.53. The summed E-state index contributed by atoms with van der Waals surface area (Å²) in [6.07, 6.45) is 4.71. The minimum Gasteiger partial charge on any atom is -0.363 e. The molecule has 0 aliphatic heterocycles. The minimum atomic E-state index is -3.42. The Kier molecular flexibility index (Phi) is 6.16. The first-order chi connectivity index (χ1) is 10.1. The molecular formula is C14H25N3O2S2. The standard InChI is InChI=1S/C14H25N3O2S2/c1-3-15-9-11-8-12(10-16-11)21(18,19)17-13-6-5-7-14(13)20-4-2/h8,10,13-17H,3-7,9H2,1-2H3. The molecule has 0 radical (unpaired) electrons. The van der Waals surface area contributed by atoms with Crippen LogP contribution in [0.25, 0.3) is 0 Å². The summed E-state index contributed by atoms with van der Waals surface area (Å²) in [5, 5.41) is 3.58. The van der Waals surface area contributed by atoms with E-state index in [0.29, 0.717) is 16.7 Å². The monoisotopic (exact) mass is 331 g/mol. The molecule has 1 heterocycles. The Morgan fingerprint density at radius 3 is 2.90 bits per heavy atom. The van der Waals surface area contributed by atoms with E-state index in [2.05, 4.69) is 21.9 Å². The van der Waals surface area contributed by atoms with E-state index in [0.717, 1.165) is 37.3 Å². The molecule has 120 valence electrons. The number of nitrogens with one attached hydrogen (secondary N) is 3. The van der Waals surface area contributed by atoms with Crippen molar-refractivity contribution in [1.29, 1.82) is 0 Å². The zero-order valence-corrected chi connectivity index (χ0v) is 14.3. The highest BCUT2D eigenvalue weighted by Crippen LogP contribution is 2.30. The largest absolute Gasteiger partial charge is 0.363 e. The van der Waals surface area contributed by atoms with Gasteiger partial charge in [0.05, 0.1) is 4.90 Å². The molecule has 0 spiro atoms. The molecule has 1 aliphatic rings. The molecule has 1 aromatic heterocycles. The number of hydrogen-bond donors (Lipinski definition) is 3. The maximum Gasteiger partial charge on any atom is 0.242 e. The number of sulfonamides is 1. The number of H-pyrrole nitrogens is 1. The van der Waals surface area contributed by atoms with Gasteiger partial charge in [-0.3, -0.25) is 0 Å². The van der Waals surface area contributed by atoms with Crippen molar-refractivity contribution in [3.05, 3.63) is 18.0 Å². The average Bonchev–Trinajstić information content (AvgIpc) is 3.07. The van der Waals surface area contributed by atoms with Crippen LogP contribution in [0, 0.1) is 0 Å². The lowest BCUT2D eigenvalue weighted by atomic mass is 10.3. The van der Waals surface area contributed by atoms with E-state index in [1.54, 1.807) is 12.3 Å². The van der Waals surface area contributed by atoms with Crippen molar-refractivity contribution in [2.75, 3.05) is 12.3 Å². The summed E-state index contributed by atoms with van der Waals surface area (Å²) >= 11 is 1.85. The lowest BCUT2D eigenvalue weighted by Gasteiger charge is -2.19. The van der Waals surface area contributed by atoms with Gasteiger partial charge in [-0.15, -0.1) is 0 Å².